The number of morpholine rings is 1. The Morgan fingerprint density at radius 3 is 2.89 bits per heavy atom. The van der Waals surface area contributed by atoms with Gasteiger partial charge in [0, 0.05) is 19.7 Å². The standard InChI is InChI=1S/C14H28N2O3/c1-4-12-10-19-9-8-16(12)13(18)15-7-5-6-14(2,3)11-17/h12,17H,4-11H2,1-3H3,(H,15,18). The maximum Gasteiger partial charge on any atom is 0.317 e. The fourth-order valence-corrected chi connectivity index (χ4v) is 2.20. The van der Waals surface area contributed by atoms with Crippen LogP contribution in [0.3, 0.4) is 0 Å². The molecule has 2 N–H and O–H groups in total. The normalized spacial score (nSPS) is 20.4. The van der Waals surface area contributed by atoms with E-state index in [1.165, 1.54) is 0 Å². The second-order valence-corrected chi connectivity index (χ2v) is 5.99. The number of rotatable bonds is 6. The van der Waals surface area contributed by atoms with Crippen LogP contribution in [0.1, 0.15) is 40.0 Å². The van der Waals surface area contributed by atoms with E-state index >= 15 is 0 Å². The van der Waals surface area contributed by atoms with Crippen LogP contribution < -0.4 is 5.32 Å². The van der Waals surface area contributed by atoms with Crippen LogP contribution in [0.15, 0.2) is 0 Å². The molecule has 0 aliphatic carbocycles. The lowest BCUT2D eigenvalue weighted by molar-refractivity contribution is 0.0113. The highest BCUT2D eigenvalue weighted by Crippen LogP contribution is 2.20. The summed E-state index contributed by atoms with van der Waals surface area (Å²) in [6.07, 6.45) is 2.72. The van der Waals surface area contributed by atoms with Crippen molar-refractivity contribution >= 4 is 6.03 Å². The van der Waals surface area contributed by atoms with Gasteiger partial charge in [0.05, 0.1) is 19.3 Å². The van der Waals surface area contributed by atoms with Gasteiger partial charge >= 0.3 is 6.03 Å². The van der Waals surface area contributed by atoms with Gasteiger partial charge in [-0.2, -0.15) is 0 Å². The molecule has 5 heteroatoms. The molecule has 0 saturated carbocycles. The van der Waals surface area contributed by atoms with Gasteiger partial charge in [-0.3, -0.25) is 0 Å². The van der Waals surface area contributed by atoms with Gasteiger partial charge in [-0.1, -0.05) is 20.8 Å². The van der Waals surface area contributed by atoms with Crippen LogP contribution in [-0.4, -0.2) is 55.0 Å². The Kier molecular flexibility index (Phi) is 6.58. The first-order chi connectivity index (χ1) is 9.00. The molecule has 1 atom stereocenters. The second-order valence-electron chi connectivity index (χ2n) is 5.99. The highest BCUT2D eigenvalue weighted by molar-refractivity contribution is 5.74. The van der Waals surface area contributed by atoms with Crippen molar-refractivity contribution in [2.45, 2.75) is 46.1 Å². The molecule has 0 bridgehead atoms. The zero-order valence-electron chi connectivity index (χ0n) is 12.4. The molecule has 112 valence electrons. The molecule has 0 aromatic heterocycles. The highest BCUT2D eigenvalue weighted by atomic mass is 16.5. The van der Waals surface area contributed by atoms with Crippen LogP contribution in [-0.2, 0) is 4.74 Å². The first-order valence-electron chi connectivity index (χ1n) is 7.23. The summed E-state index contributed by atoms with van der Waals surface area (Å²) in [5.74, 6) is 0. The van der Waals surface area contributed by atoms with E-state index in [4.69, 9.17) is 9.84 Å². The molecule has 0 aromatic rings. The molecule has 5 nitrogen and oxygen atoms in total. The minimum atomic E-state index is -0.0599. The molecule has 1 aliphatic heterocycles. The van der Waals surface area contributed by atoms with Crippen molar-refractivity contribution in [1.29, 1.82) is 0 Å². The van der Waals surface area contributed by atoms with E-state index in [1.54, 1.807) is 0 Å². The van der Waals surface area contributed by atoms with Gasteiger partial charge in [0.1, 0.15) is 0 Å². The molecular weight excluding hydrogens is 244 g/mol. The second kappa shape index (κ2) is 7.70. The maximum atomic E-state index is 12.1. The average molecular weight is 272 g/mol. The van der Waals surface area contributed by atoms with Crippen LogP contribution in [0.4, 0.5) is 4.79 Å². The molecule has 0 radical (unpaired) electrons. The van der Waals surface area contributed by atoms with Gasteiger partial charge in [-0.15, -0.1) is 0 Å². The van der Waals surface area contributed by atoms with E-state index in [0.29, 0.717) is 26.3 Å². The lowest BCUT2D eigenvalue weighted by Crippen LogP contribution is -2.52. The minimum Gasteiger partial charge on any atom is -0.396 e. The summed E-state index contributed by atoms with van der Waals surface area (Å²) in [7, 11) is 0. The average Bonchev–Trinajstić information content (AvgIpc) is 2.43. The smallest absolute Gasteiger partial charge is 0.317 e. The lowest BCUT2D eigenvalue weighted by atomic mass is 9.89. The van der Waals surface area contributed by atoms with Gasteiger partial charge in [0.2, 0.25) is 0 Å². The number of aliphatic hydroxyl groups excluding tert-OH is 1. The molecular formula is C14H28N2O3. The fraction of sp³-hybridized carbons (Fsp3) is 0.929. The molecule has 1 saturated heterocycles. The maximum absolute atomic E-state index is 12.1. The third-order valence-corrected chi connectivity index (χ3v) is 3.69. The van der Waals surface area contributed by atoms with Gasteiger partial charge in [0.15, 0.2) is 0 Å². The highest BCUT2D eigenvalue weighted by Gasteiger charge is 2.25. The van der Waals surface area contributed by atoms with Crippen molar-refractivity contribution in [2.75, 3.05) is 32.9 Å². The Morgan fingerprint density at radius 2 is 2.26 bits per heavy atom. The largest absolute Gasteiger partial charge is 0.396 e. The monoisotopic (exact) mass is 272 g/mol. The first kappa shape index (κ1) is 16.2. The number of amides is 2. The van der Waals surface area contributed by atoms with Crippen LogP contribution in [0.25, 0.3) is 0 Å². The summed E-state index contributed by atoms with van der Waals surface area (Å²) < 4.78 is 5.39. The van der Waals surface area contributed by atoms with Crippen molar-refractivity contribution in [2.24, 2.45) is 5.41 Å². The van der Waals surface area contributed by atoms with Gasteiger partial charge in [-0.05, 0) is 24.7 Å². The van der Waals surface area contributed by atoms with Crippen molar-refractivity contribution in [3.05, 3.63) is 0 Å². The molecule has 1 rings (SSSR count). The Balaban J connectivity index is 2.26. The quantitative estimate of drug-likeness (QED) is 0.722. The summed E-state index contributed by atoms with van der Waals surface area (Å²) in [4.78, 5) is 13.9. The number of urea groups is 1. The van der Waals surface area contributed by atoms with E-state index in [2.05, 4.69) is 12.2 Å². The SMILES string of the molecule is CCC1COCCN1C(=O)NCCCC(C)(C)CO. The number of ether oxygens (including phenoxy) is 1. The lowest BCUT2D eigenvalue weighted by Gasteiger charge is -2.35. The van der Waals surface area contributed by atoms with Crippen molar-refractivity contribution in [3.8, 4) is 0 Å². The molecule has 19 heavy (non-hydrogen) atoms. The fourth-order valence-electron chi connectivity index (χ4n) is 2.20. The Morgan fingerprint density at radius 1 is 1.53 bits per heavy atom. The van der Waals surface area contributed by atoms with Crippen molar-refractivity contribution in [1.82, 2.24) is 10.2 Å². The Labute approximate surface area is 116 Å². The third kappa shape index (κ3) is 5.37. The van der Waals surface area contributed by atoms with Crippen LogP contribution in [0, 0.1) is 5.41 Å². The Bertz CT molecular complexity index is 282. The number of carbonyl (C=O) groups excluding carboxylic acids is 1. The predicted octanol–water partition coefficient (Wildman–Crippen LogP) is 1.61. The summed E-state index contributed by atoms with van der Waals surface area (Å²) in [6.45, 7) is 8.92. The summed E-state index contributed by atoms with van der Waals surface area (Å²) in [6, 6.07) is 0.208. The molecule has 1 unspecified atom stereocenters. The van der Waals surface area contributed by atoms with E-state index in [-0.39, 0.29) is 24.1 Å². The molecule has 0 spiro atoms. The molecule has 2 amide bonds. The molecule has 1 aliphatic rings. The third-order valence-electron chi connectivity index (χ3n) is 3.69. The summed E-state index contributed by atoms with van der Waals surface area (Å²) in [5.41, 5.74) is -0.0599. The van der Waals surface area contributed by atoms with Crippen LogP contribution in [0.2, 0.25) is 0 Å². The zero-order valence-corrected chi connectivity index (χ0v) is 12.4. The van der Waals surface area contributed by atoms with Gasteiger partial charge in [0.25, 0.3) is 0 Å². The van der Waals surface area contributed by atoms with E-state index in [9.17, 15) is 4.79 Å². The topological polar surface area (TPSA) is 61.8 Å². The predicted molar refractivity (Wildman–Crippen MR) is 75.1 cm³/mol. The Hall–Kier alpha value is -0.810. The van der Waals surface area contributed by atoms with Crippen molar-refractivity contribution in [3.63, 3.8) is 0 Å². The first-order valence-corrected chi connectivity index (χ1v) is 7.23. The molecule has 1 fully saturated rings. The number of hydrogen-bond acceptors (Lipinski definition) is 3. The van der Waals surface area contributed by atoms with E-state index in [1.807, 2.05) is 18.7 Å². The molecule has 0 aromatic carbocycles. The van der Waals surface area contributed by atoms with Gasteiger partial charge < -0.3 is 20.1 Å². The number of aliphatic hydroxyl groups is 1. The van der Waals surface area contributed by atoms with Gasteiger partial charge in [-0.25, -0.2) is 4.79 Å². The van der Waals surface area contributed by atoms with Crippen LogP contribution >= 0.6 is 0 Å². The van der Waals surface area contributed by atoms with Crippen LogP contribution in [0.5, 0.6) is 0 Å². The van der Waals surface area contributed by atoms with E-state index in [0.717, 1.165) is 19.3 Å². The number of nitrogens with zero attached hydrogens (tertiary/aromatic N) is 1. The summed E-state index contributed by atoms with van der Waals surface area (Å²) in [5, 5.41) is 12.1. The van der Waals surface area contributed by atoms with Crippen molar-refractivity contribution < 1.29 is 14.6 Å². The number of nitrogens with one attached hydrogen (secondary N) is 1. The number of hydrogen-bond donors (Lipinski definition) is 2. The molecule has 1 heterocycles. The van der Waals surface area contributed by atoms with E-state index < -0.39 is 0 Å². The number of carbonyl (C=O) groups is 1. The zero-order chi connectivity index (χ0) is 14.3. The summed E-state index contributed by atoms with van der Waals surface area (Å²) >= 11 is 0. The minimum absolute atomic E-state index is 0.0111.